The number of halogens is 2. The number of alkyl halides is 2. The van der Waals surface area contributed by atoms with E-state index in [-0.39, 0.29) is 25.0 Å². The number of fused-ring (bicyclic) bond motifs is 1. The van der Waals surface area contributed by atoms with E-state index in [0.29, 0.717) is 34.5 Å². The van der Waals surface area contributed by atoms with Crippen LogP contribution in [0.4, 0.5) is 31.9 Å². The van der Waals surface area contributed by atoms with Crippen LogP contribution in [0.1, 0.15) is 55.3 Å². The summed E-state index contributed by atoms with van der Waals surface area (Å²) < 4.78 is 35.1. The molecule has 2 aromatic rings. The van der Waals surface area contributed by atoms with Crippen LogP contribution in [0.2, 0.25) is 0 Å². The molecule has 0 atom stereocenters. The predicted molar refractivity (Wildman–Crippen MR) is 136 cm³/mol. The number of likely N-dealkylation sites (tertiary alicyclic amines) is 1. The average molecular weight is 501 g/mol. The van der Waals surface area contributed by atoms with Gasteiger partial charge in [-0.2, -0.15) is 4.98 Å². The van der Waals surface area contributed by atoms with Crippen molar-refractivity contribution in [2.75, 3.05) is 55.5 Å². The minimum absolute atomic E-state index is 0.00278. The van der Waals surface area contributed by atoms with Gasteiger partial charge in [-0.1, -0.05) is 12.8 Å². The molecule has 0 unspecified atom stereocenters. The third kappa shape index (κ3) is 5.03. The first-order valence-electron chi connectivity index (χ1n) is 12.8. The minimum atomic E-state index is -2.86. The summed E-state index contributed by atoms with van der Waals surface area (Å²) in [5, 5.41) is 3.18. The molecule has 1 aliphatic carbocycles. The Labute approximate surface area is 210 Å². The second kappa shape index (κ2) is 10.1. The van der Waals surface area contributed by atoms with E-state index in [9.17, 15) is 13.6 Å². The normalized spacial score (nSPS) is 20.2. The SMILES string of the molecule is COc1cc(C(=O)N2CCCCC2)ccc1Nc1ncc2c(n1)N(C1CCCC1)CC(F)(F)CN2C. The quantitative estimate of drug-likeness (QED) is 0.639. The van der Waals surface area contributed by atoms with Crippen molar-refractivity contribution in [2.45, 2.75) is 56.9 Å². The van der Waals surface area contributed by atoms with Crippen LogP contribution in [-0.4, -0.2) is 73.1 Å². The second-order valence-electron chi connectivity index (χ2n) is 10.1. The van der Waals surface area contributed by atoms with Crippen LogP contribution < -0.4 is 19.9 Å². The number of amides is 1. The number of anilines is 4. The molecule has 3 heterocycles. The largest absolute Gasteiger partial charge is 0.495 e. The highest BCUT2D eigenvalue weighted by atomic mass is 19.3. The summed E-state index contributed by atoms with van der Waals surface area (Å²) in [4.78, 5) is 27.3. The number of hydrogen-bond donors (Lipinski definition) is 1. The van der Waals surface area contributed by atoms with Gasteiger partial charge in [0.1, 0.15) is 5.75 Å². The second-order valence-corrected chi connectivity index (χ2v) is 10.1. The number of rotatable bonds is 5. The van der Waals surface area contributed by atoms with Crippen molar-refractivity contribution < 1.29 is 18.3 Å². The molecular formula is C26H34F2N6O2. The highest BCUT2D eigenvalue weighted by Crippen LogP contribution is 2.39. The van der Waals surface area contributed by atoms with Crippen molar-refractivity contribution >= 4 is 29.0 Å². The summed E-state index contributed by atoms with van der Waals surface area (Å²) in [5.74, 6) is -1.55. The van der Waals surface area contributed by atoms with Gasteiger partial charge in [0.05, 0.1) is 37.8 Å². The number of carbonyl (C=O) groups excluding carboxylic acids is 1. The molecule has 10 heteroatoms. The molecule has 1 aromatic heterocycles. The third-order valence-corrected chi connectivity index (χ3v) is 7.41. The summed E-state index contributed by atoms with van der Waals surface area (Å²) in [6.45, 7) is 0.811. The monoisotopic (exact) mass is 500 g/mol. The van der Waals surface area contributed by atoms with Gasteiger partial charge in [-0.3, -0.25) is 4.79 Å². The van der Waals surface area contributed by atoms with Crippen molar-refractivity contribution in [1.82, 2.24) is 14.9 Å². The molecule has 36 heavy (non-hydrogen) atoms. The highest BCUT2D eigenvalue weighted by molar-refractivity contribution is 5.95. The molecular weight excluding hydrogens is 466 g/mol. The van der Waals surface area contributed by atoms with Crippen LogP contribution in [0.3, 0.4) is 0 Å². The van der Waals surface area contributed by atoms with Crippen LogP contribution in [-0.2, 0) is 0 Å². The van der Waals surface area contributed by atoms with Crippen molar-refractivity contribution in [1.29, 1.82) is 0 Å². The molecule has 1 N–H and O–H groups in total. The number of methoxy groups -OCH3 is 1. The van der Waals surface area contributed by atoms with Crippen LogP contribution in [0.15, 0.2) is 24.4 Å². The molecule has 8 nitrogen and oxygen atoms in total. The molecule has 2 aliphatic heterocycles. The zero-order valence-corrected chi connectivity index (χ0v) is 21.0. The summed E-state index contributed by atoms with van der Waals surface area (Å²) in [5.41, 5.74) is 1.77. The van der Waals surface area contributed by atoms with Gasteiger partial charge in [0.15, 0.2) is 5.82 Å². The van der Waals surface area contributed by atoms with E-state index >= 15 is 0 Å². The molecule has 0 bridgehead atoms. The first-order chi connectivity index (χ1) is 17.3. The fourth-order valence-electron chi connectivity index (χ4n) is 5.56. The summed E-state index contributed by atoms with van der Waals surface area (Å²) in [6.07, 6.45) is 8.64. The molecule has 1 aromatic carbocycles. The van der Waals surface area contributed by atoms with E-state index in [1.54, 1.807) is 43.5 Å². The first kappa shape index (κ1) is 24.5. The smallest absolute Gasteiger partial charge is 0.282 e. The lowest BCUT2D eigenvalue weighted by atomic mass is 10.1. The molecule has 3 aliphatic rings. The van der Waals surface area contributed by atoms with Crippen molar-refractivity contribution in [3.05, 3.63) is 30.0 Å². The van der Waals surface area contributed by atoms with E-state index in [2.05, 4.69) is 10.3 Å². The molecule has 0 radical (unpaired) electrons. The Morgan fingerprint density at radius 3 is 2.58 bits per heavy atom. The Morgan fingerprint density at radius 2 is 1.86 bits per heavy atom. The lowest BCUT2D eigenvalue weighted by molar-refractivity contribution is 0.0177. The van der Waals surface area contributed by atoms with Crippen LogP contribution >= 0.6 is 0 Å². The van der Waals surface area contributed by atoms with Crippen molar-refractivity contribution in [2.24, 2.45) is 0 Å². The van der Waals surface area contributed by atoms with E-state index in [4.69, 9.17) is 9.72 Å². The van der Waals surface area contributed by atoms with Gasteiger partial charge in [-0.25, -0.2) is 13.8 Å². The fraction of sp³-hybridized carbons (Fsp3) is 0.577. The van der Waals surface area contributed by atoms with E-state index in [0.717, 1.165) is 58.0 Å². The maximum atomic E-state index is 14.8. The summed E-state index contributed by atoms with van der Waals surface area (Å²) >= 11 is 0. The molecule has 0 spiro atoms. The number of hydrogen-bond acceptors (Lipinski definition) is 7. The molecule has 1 saturated heterocycles. The molecule has 1 saturated carbocycles. The third-order valence-electron chi connectivity index (χ3n) is 7.41. The van der Waals surface area contributed by atoms with Crippen LogP contribution in [0, 0.1) is 0 Å². The lowest BCUT2D eigenvalue weighted by Gasteiger charge is -2.31. The van der Waals surface area contributed by atoms with Gasteiger partial charge in [0.2, 0.25) is 5.95 Å². The number of ether oxygens (including phenoxy) is 1. The maximum absolute atomic E-state index is 14.8. The summed E-state index contributed by atoms with van der Waals surface area (Å²) in [6, 6.07) is 5.31. The predicted octanol–water partition coefficient (Wildman–Crippen LogP) is 4.69. The Morgan fingerprint density at radius 1 is 1.11 bits per heavy atom. The Kier molecular flexibility index (Phi) is 6.85. The molecule has 194 valence electrons. The number of piperidine rings is 1. The van der Waals surface area contributed by atoms with Gasteiger partial charge in [0.25, 0.3) is 11.8 Å². The maximum Gasteiger partial charge on any atom is 0.282 e. The first-order valence-corrected chi connectivity index (χ1v) is 12.8. The van der Waals surface area contributed by atoms with E-state index in [1.807, 2.05) is 4.90 Å². The van der Waals surface area contributed by atoms with Gasteiger partial charge in [0, 0.05) is 31.7 Å². The van der Waals surface area contributed by atoms with E-state index in [1.165, 1.54) is 4.90 Å². The van der Waals surface area contributed by atoms with Crippen molar-refractivity contribution in [3.63, 3.8) is 0 Å². The minimum Gasteiger partial charge on any atom is -0.495 e. The van der Waals surface area contributed by atoms with E-state index < -0.39 is 5.92 Å². The Bertz CT molecular complexity index is 1100. The highest BCUT2D eigenvalue weighted by Gasteiger charge is 2.41. The Balaban J connectivity index is 1.42. The van der Waals surface area contributed by atoms with Gasteiger partial charge >= 0.3 is 0 Å². The molecule has 2 fully saturated rings. The number of benzene rings is 1. The number of nitrogens with one attached hydrogen (secondary N) is 1. The topological polar surface area (TPSA) is 73.8 Å². The lowest BCUT2D eigenvalue weighted by Crippen LogP contribution is -2.44. The number of aromatic nitrogens is 2. The zero-order chi connectivity index (χ0) is 25.3. The average Bonchev–Trinajstić information content (AvgIpc) is 3.39. The van der Waals surface area contributed by atoms with Gasteiger partial charge in [-0.05, 0) is 50.3 Å². The molecule has 5 rings (SSSR count). The molecule has 1 amide bonds. The zero-order valence-electron chi connectivity index (χ0n) is 21.0. The standard InChI is InChI=1S/C26H34F2N6O2/c1-32-16-26(27,28)17-34(19-8-4-5-9-19)23-21(32)15-29-25(31-23)30-20-11-10-18(14-22(20)36-2)24(35)33-12-6-3-7-13-33/h10-11,14-15,19H,3-9,12-13,16-17H2,1-2H3,(H,29,30,31). The Hall–Kier alpha value is -3.17. The van der Waals surface area contributed by atoms with Crippen LogP contribution in [0.5, 0.6) is 5.75 Å². The number of nitrogens with zero attached hydrogens (tertiary/aromatic N) is 5. The van der Waals surface area contributed by atoms with Gasteiger partial charge in [-0.15, -0.1) is 0 Å². The van der Waals surface area contributed by atoms with Crippen LogP contribution in [0.25, 0.3) is 0 Å². The number of carbonyl (C=O) groups is 1. The fourth-order valence-corrected chi connectivity index (χ4v) is 5.56. The van der Waals surface area contributed by atoms with Gasteiger partial charge < -0.3 is 24.8 Å². The summed E-state index contributed by atoms with van der Waals surface area (Å²) in [7, 11) is 3.20. The van der Waals surface area contributed by atoms with Crippen molar-refractivity contribution in [3.8, 4) is 5.75 Å².